The lowest BCUT2D eigenvalue weighted by molar-refractivity contribution is 0.0257. The van der Waals surface area contributed by atoms with E-state index < -0.39 is 0 Å². The number of hydrogen-bond acceptors (Lipinski definition) is 5. The molecule has 2 aliphatic rings. The van der Waals surface area contributed by atoms with Crippen molar-refractivity contribution in [1.29, 1.82) is 0 Å². The van der Waals surface area contributed by atoms with Crippen LogP contribution < -0.4 is 5.48 Å². The maximum absolute atomic E-state index is 13.5. The number of hydroxylamine groups is 1. The molecule has 0 unspecified atom stereocenters. The molecule has 3 aromatic rings. The third-order valence-electron chi connectivity index (χ3n) is 8.27. The second-order valence-corrected chi connectivity index (χ2v) is 11.5. The predicted molar refractivity (Wildman–Crippen MR) is 157 cm³/mol. The predicted octanol–water partition coefficient (Wildman–Crippen LogP) is 6.35. The number of fused-ring (bicyclic) bond motifs is 1. The standard InChI is InChI=1S/C31H37BrN4O2/c1-4-38-34-29(23-8-10-25(32)11-9-23)24-13-18-36(19-14-24)31(3)15-20-35(21-16-31)30(37)27-12-17-33-28-22(2)6-5-7-26(27)28/h5-12,17,34H,4,13-16,18-21H2,1-3H3. The fraction of sp³-hybridized carbons (Fsp3) is 0.419. The van der Waals surface area contributed by atoms with Crippen LogP contribution in [0.3, 0.4) is 0 Å². The van der Waals surface area contributed by atoms with E-state index >= 15 is 0 Å². The Balaban J connectivity index is 1.25. The van der Waals surface area contributed by atoms with Crippen LogP contribution in [0.25, 0.3) is 16.6 Å². The minimum Gasteiger partial charge on any atom is -0.338 e. The van der Waals surface area contributed by atoms with Crippen molar-refractivity contribution < 1.29 is 9.63 Å². The first kappa shape index (κ1) is 26.9. The SMILES string of the molecule is CCONC(=C1CCN(C2(C)CCN(C(=O)c3ccnc4c(C)cccc34)CC2)CC1)c1ccc(Br)cc1. The van der Waals surface area contributed by atoms with Gasteiger partial charge in [0.25, 0.3) is 5.91 Å². The molecule has 2 fully saturated rings. The van der Waals surface area contributed by atoms with Gasteiger partial charge in [-0.1, -0.05) is 46.3 Å². The lowest BCUT2D eigenvalue weighted by Crippen LogP contribution is -2.56. The number of aromatic nitrogens is 1. The summed E-state index contributed by atoms with van der Waals surface area (Å²) in [6.45, 7) is 10.6. The van der Waals surface area contributed by atoms with Crippen molar-refractivity contribution in [3.05, 3.63) is 81.5 Å². The van der Waals surface area contributed by atoms with Gasteiger partial charge < -0.3 is 4.90 Å². The molecule has 0 atom stereocenters. The molecule has 2 aliphatic heterocycles. The molecule has 5 rings (SSSR count). The molecule has 6 nitrogen and oxygen atoms in total. The highest BCUT2D eigenvalue weighted by Gasteiger charge is 2.38. The Morgan fingerprint density at radius 1 is 1.05 bits per heavy atom. The van der Waals surface area contributed by atoms with E-state index in [1.165, 1.54) is 5.57 Å². The Hall–Kier alpha value is -2.74. The molecule has 38 heavy (non-hydrogen) atoms. The van der Waals surface area contributed by atoms with Crippen molar-refractivity contribution in [3.8, 4) is 0 Å². The average molecular weight is 578 g/mol. The number of amides is 1. The van der Waals surface area contributed by atoms with Gasteiger partial charge in [-0.2, -0.15) is 0 Å². The largest absolute Gasteiger partial charge is 0.338 e. The maximum atomic E-state index is 13.5. The van der Waals surface area contributed by atoms with E-state index in [1.54, 1.807) is 6.20 Å². The van der Waals surface area contributed by atoms with E-state index in [2.05, 4.69) is 62.5 Å². The fourth-order valence-corrected chi connectivity index (χ4v) is 6.12. The number of benzene rings is 2. The van der Waals surface area contributed by atoms with Crippen LogP contribution in [0, 0.1) is 6.92 Å². The molecule has 7 heteroatoms. The van der Waals surface area contributed by atoms with Gasteiger partial charge in [-0.25, -0.2) is 0 Å². The number of pyridine rings is 1. The van der Waals surface area contributed by atoms with Crippen molar-refractivity contribution in [2.45, 2.75) is 52.0 Å². The van der Waals surface area contributed by atoms with E-state index in [-0.39, 0.29) is 11.4 Å². The van der Waals surface area contributed by atoms with Crippen molar-refractivity contribution in [3.63, 3.8) is 0 Å². The highest BCUT2D eigenvalue weighted by Crippen LogP contribution is 2.35. The number of carbonyl (C=O) groups excluding carboxylic acids is 1. The molecule has 0 aliphatic carbocycles. The number of rotatable bonds is 6. The lowest BCUT2D eigenvalue weighted by atomic mass is 9.84. The summed E-state index contributed by atoms with van der Waals surface area (Å²) in [6.07, 6.45) is 5.74. The Bertz CT molecular complexity index is 1320. The van der Waals surface area contributed by atoms with Gasteiger partial charge in [-0.15, -0.1) is 0 Å². The second-order valence-electron chi connectivity index (χ2n) is 10.6. The molecule has 200 valence electrons. The number of carbonyl (C=O) groups is 1. The Kier molecular flexibility index (Phi) is 8.17. The van der Waals surface area contributed by atoms with Crippen molar-refractivity contribution in [2.24, 2.45) is 0 Å². The summed E-state index contributed by atoms with van der Waals surface area (Å²) in [5, 5.41) is 0.948. The third-order valence-corrected chi connectivity index (χ3v) is 8.80. The number of nitrogens with one attached hydrogen (secondary N) is 1. The smallest absolute Gasteiger partial charge is 0.254 e. The van der Waals surface area contributed by atoms with E-state index in [1.807, 2.05) is 43.0 Å². The molecular formula is C31H37BrN4O2. The van der Waals surface area contributed by atoms with E-state index in [0.717, 1.165) is 89.6 Å². The minimum atomic E-state index is 0.102. The molecule has 3 heterocycles. The zero-order valence-electron chi connectivity index (χ0n) is 22.6. The first-order valence-corrected chi connectivity index (χ1v) is 14.4. The van der Waals surface area contributed by atoms with Crippen LogP contribution in [0.1, 0.15) is 61.0 Å². The van der Waals surface area contributed by atoms with Gasteiger partial charge in [0.15, 0.2) is 0 Å². The van der Waals surface area contributed by atoms with Gasteiger partial charge in [0, 0.05) is 47.8 Å². The summed E-state index contributed by atoms with van der Waals surface area (Å²) in [6, 6.07) is 16.3. The molecule has 0 radical (unpaired) electrons. The zero-order chi connectivity index (χ0) is 26.7. The number of aryl methyl sites for hydroxylation is 1. The van der Waals surface area contributed by atoms with Crippen LogP contribution in [0.5, 0.6) is 0 Å². The quantitative estimate of drug-likeness (QED) is 0.346. The molecule has 0 spiro atoms. The summed E-state index contributed by atoms with van der Waals surface area (Å²) in [7, 11) is 0. The molecule has 0 bridgehead atoms. The van der Waals surface area contributed by atoms with Gasteiger partial charge in [0.2, 0.25) is 0 Å². The normalized spacial score (nSPS) is 18.0. The first-order chi connectivity index (χ1) is 18.4. The van der Waals surface area contributed by atoms with Crippen LogP contribution in [0.15, 0.2) is 64.8 Å². The number of nitrogens with zero attached hydrogens (tertiary/aromatic N) is 3. The van der Waals surface area contributed by atoms with E-state index in [4.69, 9.17) is 4.84 Å². The lowest BCUT2D eigenvalue weighted by Gasteiger charge is -2.48. The highest BCUT2D eigenvalue weighted by atomic mass is 79.9. The van der Waals surface area contributed by atoms with Crippen molar-refractivity contribution >= 4 is 38.4 Å². The summed E-state index contributed by atoms with van der Waals surface area (Å²) in [5.74, 6) is 0.120. The molecule has 1 aromatic heterocycles. The van der Waals surface area contributed by atoms with Crippen molar-refractivity contribution in [2.75, 3.05) is 32.8 Å². The number of halogens is 1. The minimum absolute atomic E-state index is 0.102. The number of piperidine rings is 2. The Morgan fingerprint density at radius 2 is 1.76 bits per heavy atom. The Labute approximate surface area is 234 Å². The zero-order valence-corrected chi connectivity index (χ0v) is 24.2. The van der Waals surface area contributed by atoms with E-state index in [0.29, 0.717) is 6.61 Å². The van der Waals surface area contributed by atoms with Gasteiger partial charge in [0.05, 0.1) is 23.4 Å². The average Bonchev–Trinajstić information content (AvgIpc) is 2.94. The number of hydrogen-bond donors (Lipinski definition) is 1. The molecule has 0 saturated carbocycles. The number of para-hydroxylation sites is 1. The van der Waals surface area contributed by atoms with Crippen LogP contribution in [0.4, 0.5) is 0 Å². The fourth-order valence-electron chi connectivity index (χ4n) is 5.85. The van der Waals surface area contributed by atoms with Crippen LogP contribution >= 0.6 is 15.9 Å². The summed E-state index contributed by atoms with van der Waals surface area (Å²) >= 11 is 3.54. The maximum Gasteiger partial charge on any atom is 0.254 e. The van der Waals surface area contributed by atoms with Gasteiger partial charge in [0.1, 0.15) is 0 Å². The highest BCUT2D eigenvalue weighted by molar-refractivity contribution is 9.10. The first-order valence-electron chi connectivity index (χ1n) is 13.6. The third kappa shape index (κ3) is 5.51. The van der Waals surface area contributed by atoms with Crippen LogP contribution in [0.2, 0.25) is 0 Å². The van der Waals surface area contributed by atoms with Crippen LogP contribution in [-0.2, 0) is 4.84 Å². The molecule has 2 saturated heterocycles. The molecular weight excluding hydrogens is 540 g/mol. The Morgan fingerprint density at radius 3 is 2.45 bits per heavy atom. The summed E-state index contributed by atoms with van der Waals surface area (Å²) in [5.41, 5.74) is 9.77. The monoisotopic (exact) mass is 576 g/mol. The topological polar surface area (TPSA) is 57.7 Å². The summed E-state index contributed by atoms with van der Waals surface area (Å²) < 4.78 is 1.07. The molecule has 2 aromatic carbocycles. The van der Waals surface area contributed by atoms with Crippen molar-refractivity contribution in [1.82, 2.24) is 20.3 Å². The molecule has 1 N–H and O–H groups in total. The summed E-state index contributed by atoms with van der Waals surface area (Å²) in [4.78, 5) is 28.3. The van der Waals surface area contributed by atoms with Gasteiger partial charge >= 0.3 is 0 Å². The second kappa shape index (κ2) is 11.6. The molecule has 1 amide bonds. The van der Waals surface area contributed by atoms with Gasteiger partial charge in [-0.3, -0.25) is 25.0 Å². The van der Waals surface area contributed by atoms with Gasteiger partial charge in [-0.05, 0) is 81.4 Å². The van der Waals surface area contributed by atoms with E-state index in [9.17, 15) is 4.79 Å². The number of likely N-dealkylation sites (tertiary alicyclic amines) is 2. The van der Waals surface area contributed by atoms with Crippen LogP contribution in [-0.4, -0.2) is 59.0 Å².